The van der Waals surface area contributed by atoms with Gasteiger partial charge in [-0.3, -0.25) is 0 Å². The van der Waals surface area contributed by atoms with Crippen molar-refractivity contribution in [2.24, 2.45) is 5.41 Å². The minimum absolute atomic E-state index is 0.0155. The Morgan fingerprint density at radius 1 is 0.623 bits per heavy atom. The average Bonchev–Trinajstić information content (AvgIpc) is 3.17. The van der Waals surface area contributed by atoms with E-state index in [0.717, 1.165) is 36.4 Å². The van der Waals surface area contributed by atoms with Crippen molar-refractivity contribution in [1.82, 2.24) is 0 Å². The molecule has 0 unspecified atom stereocenters. The maximum absolute atomic E-state index is 14.8. The molecule has 0 amide bonds. The lowest BCUT2D eigenvalue weighted by atomic mass is 9.69. The Morgan fingerprint density at radius 2 is 1.00 bits per heavy atom. The predicted molar refractivity (Wildman–Crippen MR) is 199 cm³/mol. The highest BCUT2D eigenvalue weighted by Gasteiger charge is 2.66. The summed E-state index contributed by atoms with van der Waals surface area (Å²) in [4.78, 5) is 40.6. The maximum atomic E-state index is 14.8. The van der Waals surface area contributed by atoms with E-state index < -0.39 is 101 Å². The SMILES string of the molecule is CO[C@](C(=O)OCC1=C(CC[C@H](C)OC(=O)[C@@](OC)(c2ccccc2)C(F)(F)F)C(C)(C)C[C@H](OC(=O)[C@@](OC)(c2ccccc2)C(F)(F)F)C1)(c1ccccc1)C(F)(F)F. The third-order valence-corrected chi connectivity index (χ3v) is 10.7. The van der Waals surface area contributed by atoms with E-state index in [9.17, 15) is 53.9 Å². The third kappa shape index (κ3) is 9.45. The maximum Gasteiger partial charge on any atom is 0.432 e. The lowest BCUT2D eigenvalue weighted by Crippen LogP contribution is -2.53. The number of rotatable bonds is 16. The minimum Gasteiger partial charge on any atom is -0.460 e. The quantitative estimate of drug-likeness (QED) is 0.0602. The number of carbonyl (C=O) groups is 3. The van der Waals surface area contributed by atoms with Crippen LogP contribution in [-0.4, -0.2) is 76.6 Å². The number of alkyl halides is 9. The van der Waals surface area contributed by atoms with E-state index in [0.29, 0.717) is 26.9 Å². The highest BCUT2D eigenvalue weighted by molar-refractivity contribution is 5.84. The molecular weight excluding hydrogens is 831 g/mol. The van der Waals surface area contributed by atoms with Gasteiger partial charge in [-0.1, -0.05) is 110 Å². The first kappa shape index (κ1) is 48.7. The van der Waals surface area contributed by atoms with Crippen LogP contribution in [0.25, 0.3) is 0 Å². The van der Waals surface area contributed by atoms with E-state index in [1.165, 1.54) is 61.5 Å². The second kappa shape index (κ2) is 18.6. The van der Waals surface area contributed by atoms with Gasteiger partial charge in [0.15, 0.2) is 0 Å². The van der Waals surface area contributed by atoms with Crippen LogP contribution in [0.5, 0.6) is 0 Å². The second-order valence-electron chi connectivity index (χ2n) is 15.0. The molecule has 334 valence electrons. The van der Waals surface area contributed by atoms with Crippen LogP contribution in [0.3, 0.4) is 0 Å². The fraction of sp³-hybridized carbons (Fsp3) is 0.465. The third-order valence-electron chi connectivity index (χ3n) is 10.7. The van der Waals surface area contributed by atoms with Crippen molar-refractivity contribution in [3.63, 3.8) is 0 Å². The van der Waals surface area contributed by atoms with Gasteiger partial charge in [-0.25, -0.2) is 14.4 Å². The zero-order valence-corrected chi connectivity index (χ0v) is 33.9. The first-order valence-electron chi connectivity index (χ1n) is 18.7. The lowest BCUT2D eigenvalue weighted by molar-refractivity contribution is -0.279. The molecule has 1 aliphatic rings. The van der Waals surface area contributed by atoms with Crippen molar-refractivity contribution >= 4 is 17.9 Å². The molecule has 1 aliphatic carbocycles. The number of hydrogen-bond acceptors (Lipinski definition) is 9. The van der Waals surface area contributed by atoms with Crippen LogP contribution in [0.4, 0.5) is 39.5 Å². The van der Waals surface area contributed by atoms with Crippen LogP contribution < -0.4 is 0 Å². The van der Waals surface area contributed by atoms with Gasteiger partial charge in [0.2, 0.25) is 0 Å². The highest BCUT2D eigenvalue weighted by Crippen LogP contribution is 2.49. The standard InChI is InChI=1S/C43H45F9O9/c1-27(60-35(54)39(57-5,42(47,48)49)30-18-12-8-13-19-30)22-23-33-28(26-59-34(53)38(56-4,41(44,45)46)29-16-10-7-11-17-29)24-32(25-37(33,2)3)61-36(55)40(58-6,43(50,51)52)31-20-14-9-15-21-31/h7-21,27,32H,22-26H2,1-6H3/t27-,32+,38-,39-,40-/m0/s1. The van der Waals surface area contributed by atoms with Gasteiger partial charge in [0, 0.05) is 44.4 Å². The van der Waals surface area contributed by atoms with E-state index in [-0.39, 0.29) is 24.8 Å². The first-order valence-corrected chi connectivity index (χ1v) is 18.7. The Bertz CT molecular complexity index is 2000. The number of esters is 3. The largest absolute Gasteiger partial charge is 0.460 e. The molecule has 0 radical (unpaired) electrons. The summed E-state index contributed by atoms with van der Waals surface area (Å²) < 4.78 is 163. The molecule has 0 N–H and O–H groups in total. The average molecular weight is 877 g/mol. The van der Waals surface area contributed by atoms with Crippen molar-refractivity contribution in [3.8, 4) is 0 Å². The van der Waals surface area contributed by atoms with Crippen molar-refractivity contribution in [3.05, 3.63) is 119 Å². The predicted octanol–water partition coefficient (Wildman–Crippen LogP) is 9.58. The van der Waals surface area contributed by atoms with Crippen LogP contribution in [-0.2, 0) is 59.6 Å². The lowest BCUT2D eigenvalue weighted by Gasteiger charge is -2.41. The smallest absolute Gasteiger partial charge is 0.432 e. The molecule has 0 saturated heterocycles. The summed E-state index contributed by atoms with van der Waals surface area (Å²) in [5.74, 6) is -5.53. The van der Waals surface area contributed by atoms with E-state index in [2.05, 4.69) is 0 Å². The second-order valence-corrected chi connectivity index (χ2v) is 15.0. The van der Waals surface area contributed by atoms with Gasteiger partial charge in [0.25, 0.3) is 16.8 Å². The van der Waals surface area contributed by atoms with Gasteiger partial charge in [0.1, 0.15) is 12.7 Å². The number of allylic oxidation sites excluding steroid dienone is 1. The van der Waals surface area contributed by atoms with Crippen LogP contribution in [0.15, 0.2) is 102 Å². The molecule has 0 aliphatic heterocycles. The van der Waals surface area contributed by atoms with Crippen molar-refractivity contribution in [2.45, 2.75) is 94.0 Å². The molecule has 4 rings (SSSR count). The summed E-state index contributed by atoms with van der Waals surface area (Å²) in [7, 11) is 2.02. The summed E-state index contributed by atoms with van der Waals surface area (Å²) in [6.45, 7) is 3.51. The summed E-state index contributed by atoms with van der Waals surface area (Å²) >= 11 is 0. The molecule has 3 aromatic rings. The van der Waals surface area contributed by atoms with Crippen LogP contribution in [0.2, 0.25) is 0 Å². The molecule has 0 fully saturated rings. The summed E-state index contributed by atoms with van der Waals surface area (Å²) in [6.07, 6.45) is -19.7. The number of methoxy groups -OCH3 is 3. The van der Waals surface area contributed by atoms with E-state index in [4.69, 9.17) is 28.4 Å². The van der Waals surface area contributed by atoms with Crippen molar-refractivity contribution in [2.75, 3.05) is 27.9 Å². The zero-order valence-electron chi connectivity index (χ0n) is 33.9. The summed E-state index contributed by atoms with van der Waals surface area (Å²) in [6, 6.07) is 17.9. The summed E-state index contributed by atoms with van der Waals surface area (Å²) in [5.41, 5.74) is -13.4. The number of halogens is 9. The zero-order chi connectivity index (χ0) is 45.7. The van der Waals surface area contributed by atoms with E-state index >= 15 is 0 Å². The molecule has 0 aromatic heterocycles. The molecule has 18 heteroatoms. The first-order chi connectivity index (χ1) is 28.4. The molecule has 5 atom stereocenters. The van der Waals surface area contributed by atoms with Gasteiger partial charge < -0.3 is 28.4 Å². The Labute approximate surface area is 346 Å². The molecule has 0 bridgehead atoms. The Morgan fingerprint density at radius 3 is 1.38 bits per heavy atom. The molecule has 0 spiro atoms. The Kier molecular flexibility index (Phi) is 14.8. The molecule has 0 heterocycles. The minimum atomic E-state index is -5.37. The van der Waals surface area contributed by atoms with Gasteiger partial charge in [0.05, 0.1) is 6.10 Å². The van der Waals surface area contributed by atoms with Gasteiger partial charge in [-0.2, -0.15) is 39.5 Å². The van der Waals surface area contributed by atoms with Crippen molar-refractivity contribution < 1.29 is 82.3 Å². The number of carbonyl (C=O) groups excluding carboxylic acids is 3. The van der Waals surface area contributed by atoms with Gasteiger partial charge in [-0.15, -0.1) is 0 Å². The topological polar surface area (TPSA) is 107 Å². The Balaban J connectivity index is 1.72. The normalized spacial score (nSPS) is 19.4. The number of benzene rings is 3. The number of hydrogen-bond donors (Lipinski definition) is 0. The Hall–Kier alpha value is -4.94. The van der Waals surface area contributed by atoms with E-state index in [1.54, 1.807) is 13.8 Å². The van der Waals surface area contributed by atoms with Gasteiger partial charge in [-0.05, 0) is 37.2 Å². The fourth-order valence-corrected chi connectivity index (χ4v) is 7.71. The van der Waals surface area contributed by atoms with Crippen LogP contribution in [0, 0.1) is 5.41 Å². The van der Waals surface area contributed by atoms with Crippen LogP contribution in [0.1, 0.15) is 63.1 Å². The van der Waals surface area contributed by atoms with Crippen LogP contribution >= 0.6 is 0 Å². The van der Waals surface area contributed by atoms with Gasteiger partial charge >= 0.3 is 36.4 Å². The molecular formula is C43H45F9O9. The van der Waals surface area contributed by atoms with Crippen molar-refractivity contribution in [1.29, 1.82) is 0 Å². The molecule has 0 saturated carbocycles. The molecule has 3 aromatic carbocycles. The highest BCUT2D eigenvalue weighted by atomic mass is 19.4. The number of ether oxygens (including phenoxy) is 6. The molecule has 9 nitrogen and oxygen atoms in total. The molecule has 61 heavy (non-hydrogen) atoms. The van der Waals surface area contributed by atoms with E-state index in [1.807, 2.05) is 0 Å². The summed E-state index contributed by atoms with van der Waals surface area (Å²) in [5, 5.41) is 0. The fourth-order valence-electron chi connectivity index (χ4n) is 7.71. The monoisotopic (exact) mass is 876 g/mol.